The second kappa shape index (κ2) is 4.71. The molecule has 11 heavy (non-hydrogen) atoms. The Labute approximate surface area is 64.4 Å². The van der Waals surface area contributed by atoms with Crippen molar-refractivity contribution in [2.24, 2.45) is 9.98 Å². The Bertz CT molecular complexity index is 195. The van der Waals surface area contributed by atoms with Crippen molar-refractivity contribution < 1.29 is 8.78 Å². The van der Waals surface area contributed by atoms with E-state index in [1.165, 1.54) is 13.1 Å². The molecule has 0 saturated carbocycles. The van der Waals surface area contributed by atoms with E-state index >= 15 is 0 Å². The number of rotatable bonds is 3. The Morgan fingerprint density at radius 2 is 2.00 bits per heavy atom. The van der Waals surface area contributed by atoms with E-state index in [1.54, 1.807) is 6.92 Å². The number of alkyl halides is 2. The topological polar surface area (TPSA) is 24.7 Å². The number of hydrogen-bond acceptors (Lipinski definition) is 2. The van der Waals surface area contributed by atoms with Gasteiger partial charge in [-0.15, -0.1) is 0 Å². The predicted molar refractivity (Wildman–Crippen MR) is 42.4 cm³/mol. The fourth-order valence-electron chi connectivity index (χ4n) is 0.292. The van der Waals surface area contributed by atoms with Crippen molar-refractivity contribution in [1.29, 1.82) is 0 Å². The molecule has 0 aliphatic heterocycles. The highest BCUT2D eigenvalue weighted by Gasteiger charge is 2.04. The Morgan fingerprint density at radius 3 is 2.36 bits per heavy atom. The van der Waals surface area contributed by atoms with Crippen LogP contribution in [0.25, 0.3) is 0 Å². The molecule has 0 radical (unpaired) electrons. The lowest BCUT2D eigenvalue weighted by Gasteiger charge is -1.93. The lowest BCUT2D eigenvalue weighted by atomic mass is 10.4. The minimum Gasteiger partial charge on any atom is -0.268 e. The van der Waals surface area contributed by atoms with Gasteiger partial charge in [-0.3, -0.25) is 9.98 Å². The maximum Gasteiger partial charge on any atom is 0.276 e. The first-order valence-electron chi connectivity index (χ1n) is 3.04. The Kier molecular flexibility index (Phi) is 4.26. The average molecular weight is 160 g/mol. The second-order valence-corrected chi connectivity index (χ2v) is 2.00. The normalized spacial score (nSPS) is 13.9. The summed E-state index contributed by atoms with van der Waals surface area (Å²) in [5.41, 5.74) is 0.304. The lowest BCUT2D eigenvalue weighted by Crippen LogP contribution is -2.03. The molecule has 62 valence electrons. The monoisotopic (exact) mass is 160 g/mol. The van der Waals surface area contributed by atoms with Crippen LogP contribution in [0, 0.1) is 0 Å². The highest BCUT2D eigenvalue weighted by molar-refractivity contribution is 5.85. The molecule has 0 aliphatic carbocycles. The molecule has 0 spiro atoms. The first-order valence-corrected chi connectivity index (χ1v) is 3.04. The predicted octanol–water partition coefficient (Wildman–Crippen LogP) is 2.27. The van der Waals surface area contributed by atoms with Crippen LogP contribution in [0.2, 0.25) is 0 Å². The van der Waals surface area contributed by atoms with Crippen LogP contribution in [0.1, 0.15) is 13.8 Å². The summed E-state index contributed by atoms with van der Waals surface area (Å²) in [6.45, 7) is 6.10. The molecule has 0 bridgehead atoms. The summed E-state index contributed by atoms with van der Waals surface area (Å²) in [6, 6.07) is 0. The Balaban J connectivity index is 4.22. The smallest absolute Gasteiger partial charge is 0.268 e. The van der Waals surface area contributed by atoms with E-state index in [9.17, 15) is 8.78 Å². The molecule has 0 aromatic heterocycles. The third-order valence-corrected chi connectivity index (χ3v) is 1.02. The third-order valence-electron chi connectivity index (χ3n) is 1.02. The summed E-state index contributed by atoms with van der Waals surface area (Å²) in [4.78, 5) is 6.94. The number of allylic oxidation sites excluding steroid dienone is 1. The van der Waals surface area contributed by atoms with Crippen molar-refractivity contribution in [3.8, 4) is 0 Å². The molecule has 0 saturated heterocycles. The lowest BCUT2D eigenvalue weighted by molar-refractivity contribution is 0.225. The van der Waals surface area contributed by atoms with Crippen LogP contribution in [-0.4, -0.2) is 18.9 Å². The molecular weight excluding hydrogens is 150 g/mol. The highest BCUT2D eigenvalue weighted by atomic mass is 19.3. The van der Waals surface area contributed by atoms with Gasteiger partial charge in [-0.25, -0.2) is 8.78 Å². The van der Waals surface area contributed by atoms with E-state index in [4.69, 9.17) is 0 Å². The van der Waals surface area contributed by atoms with Gasteiger partial charge in [0, 0.05) is 6.20 Å². The molecule has 0 rings (SSSR count). The molecule has 0 amide bonds. The highest BCUT2D eigenvalue weighted by Crippen LogP contribution is 1.98. The van der Waals surface area contributed by atoms with E-state index in [1.807, 2.05) is 0 Å². The fourth-order valence-corrected chi connectivity index (χ4v) is 0.292. The Hall–Kier alpha value is -1.06. The van der Waals surface area contributed by atoms with Crippen LogP contribution in [0.15, 0.2) is 21.9 Å². The molecule has 4 heteroatoms. The van der Waals surface area contributed by atoms with Gasteiger partial charge in [-0.1, -0.05) is 0 Å². The molecule has 0 unspecified atom stereocenters. The van der Waals surface area contributed by atoms with Gasteiger partial charge in [0.25, 0.3) is 6.43 Å². The van der Waals surface area contributed by atoms with Gasteiger partial charge < -0.3 is 0 Å². The molecule has 0 N–H and O–H groups in total. The van der Waals surface area contributed by atoms with Crippen molar-refractivity contribution in [2.45, 2.75) is 20.3 Å². The molecule has 0 aliphatic rings. The summed E-state index contributed by atoms with van der Waals surface area (Å²) in [6.07, 6.45) is -1.24. The van der Waals surface area contributed by atoms with Crippen LogP contribution in [-0.2, 0) is 0 Å². The van der Waals surface area contributed by atoms with Gasteiger partial charge in [0.1, 0.15) is 0 Å². The Morgan fingerprint density at radius 1 is 1.45 bits per heavy atom. The number of hydrogen-bond donors (Lipinski definition) is 0. The van der Waals surface area contributed by atoms with Gasteiger partial charge in [0.15, 0.2) is 0 Å². The van der Waals surface area contributed by atoms with Crippen molar-refractivity contribution in [3.05, 3.63) is 11.9 Å². The summed E-state index contributed by atoms with van der Waals surface area (Å²) >= 11 is 0. The van der Waals surface area contributed by atoms with Gasteiger partial charge in [0.2, 0.25) is 0 Å². The molecule has 2 nitrogen and oxygen atoms in total. The molecule has 0 heterocycles. The largest absolute Gasteiger partial charge is 0.276 e. The first-order chi connectivity index (χ1) is 5.07. The van der Waals surface area contributed by atoms with Crippen LogP contribution >= 0.6 is 0 Å². The van der Waals surface area contributed by atoms with Crippen molar-refractivity contribution in [3.63, 3.8) is 0 Å². The van der Waals surface area contributed by atoms with E-state index in [0.717, 1.165) is 0 Å². The van der Waals surface area contributed by atoms with Crippen LogP contribution in [0.4, 0.5) is 8.78 Å². The number of nitrogens with zero attached hydrogens (tertiary/aromatic N) is 2. The number of halogens is 2. The maximum atomic E-state index is 11.8. The van der Waals surface area contributed by atoms with E-state index in [0.29, 0.717) is 5.70 Å². The van der Waals surface area contributed by atoms with Crippen molar-refractivity contribution in [1.82, 2.24) is 0 Å². The van der Waals surface area contributed by atoms with E-state index in [-0.39, 0.29) is 5.71 Å². The maximum absolute atomic E-state index is 11.8. The minimum absolute atomic E-state index is 0.215. The third kappa shape index (κ3) is 4.36. The SMILES string of the molecule is C=N/C(C)=C\N=C(/C)C(F)F. The first kappa shape index (κ1) is 9.94. The van der Waals surface area contributed by atoms with Crippen molar-refractivity contribution >= 4 is 12.4 Å². The number of aliphatic imine (C=N–C) groups is 2. The van der Waals surface area contributed by atoms with Crippen LogP contribution in [0.5, 0.6) is 0 Å². The van der Waals surface area contributed by atoms with Gasteiger partial charge >= 0.3 is 0 Å². The summed E-state index contributed by atoms with van der Waals surface area (Å²) < 4.78 is 23.6. The molecule has 0 aromatic rings. The van der Waals surface area contributed by atoms with Crippen LogP contribution in [0.3, 0.4) is 0 Å². The standard InChI is InChI=1S/C7H10F2N2/c1-5(10-3)4-11-6(2)7(8)9/h4,7H,3H2,1-2H3/b5-4-,11-6+. The quantitative estimate of drug-likeness (QED) is 0.566. The van der Waals surface area contributed by atoms with Crippen molar-refractivity contribution in [2.75, 3.05) is 0 Å². The summed E-state index contributed by atoms with van der Waals surface area (Å²) in [7, 11) is 0. The summed E-state index contributed by atoms with van der Waals surface area (Å²) in [5, 5.41) is 0. The summed E-state index contributed by atoms with van der Waals surface area (Å²) in [5.74, 6) is 0. The molecule has 0 fully saturated rings. The molecular formula is C7H10F2N2. The molecule has 0 aromatic carbocycles. The second-order valence-electron chi connectivity index (χ2n) is 2.00. The zero-order valence-electron chi connectivity index (χ0n) is 6.51. The van der Waals surface area contributed by atoms with Gasteiger partial charge in [-0.05, 0) is 20.6 Å². The van der Waals surface area contributed by atoms with E-state index in [2.05, 4.69) is 16.7 Å². The minimum atomic E-state index is -2.50. The average Bonchev–Trinajstić information content (AvgIpc) is 1.99. The van der Waals surface area contributed by atoms with E-state index < -0.39 is 6.43 Å². The zero-order valence-corrected chi connectivity index (χ0v) is 6.51. The van der Waals surface area contributed by atoms with Gasteiger partial charge in [-0.2, -0.15) is 0 Å². The molecule has 0 atom stereocenters. The zero-order chi connectivity index (χ0) is 8.85. The fraction of sp³-hybridized carbons (Fsp3) is 0.429. The van der Waals surface area contributed by atoms with Crippen LogP contribution < -0.4 is 0 Å². The van der Waals surface area contributed by atoms with Gasteiger partial charge in [0.05, 0.1) is 11.4 Å².